The van der Waals surface area contributed by atoms with Gasteiger partial charge >= 0.3 is 5.97 Å². The molecular weight excluding hydrogens is 362 g/mol. The van der Waals surface area contributed by atoms with Crippen molar-refractivity contribution in [2.75, 3.05) is 6.54 Å². The van der Waals surface area contributed by atoms with Gasteiger partial charge in [-0.15, -0.1) is 0 Å². The summed E-state index contributed by atoms with van der Waals surface area (Å²) in [7, 11) is -4.09. The van der Waals surface area contributed by atoms with Gasteiger partial charge in [-0.2, -0.15) is 0 Å². The minimum Gasteiger partial charge on any atom is -0.481 e. The number of sulfonamides is 1. The van der Waals surface area contributed by atoms with Gasteiger partial charge in [-0.1, -0.05) is 13.8 Å². The number of hydrogen-bond acceptors (Lipinski definition) is 6. The highest BCUT2D eigenvalue weighted by molar-refractivity contribution is 7.89. The number of non-ortho nitro benzene ring substituents is 1. The number of nitrogens with one attached hydrogen (secondary N) is 1. The van der Waals surface area contributed by atoms with Crippen molar-refractivity contribution in [1.29, 1.82) is 0 Å². The third-order valence-electron chi connectivity index (χ3n) is 3.82. The third kappa shape index (κ3) is 4.33. The monoisotopic (exact) mass is 381 g/mol. The van der Waals surface area contributed by atoms with E-state index in [-0.39, 0.29) is 33.9 Å². The second-order valence-electron chi connectivity index (χ2n) is 6.26. The van der Waals surface area contributed by atoms with E-state index < -0.39 is 26.8 Å². The highest BCUT2D eigenvalue weighted by Gasteiger charge is 2.26. The van der Waals surface area contributed by atoms with Gasteiger partial charge in [0.2, 0.25) is 10.0 Å². The van der Waals surface area contributed by atoms with Gasteiger partial charge in [0.25, 0.3) is 5.69 Å². The first-order valence-corrected chi connectivity index (χ1v) is 9.36. The molecule has 0 aliphatic carbocycles. The molecule has 0 saturated carbocycles. The number of nitrogens with zero attached hydrogens (tertiary/aromatic N) is 2. The molecule has 9 nitrogen and oxygen atoms in total. The van der Waals surface area contributed by atoms with Crippen molar-refractivity contribution >= 4 is 32.6 Å². The molecule has 0 aliphatic rings. The number of carboxylic acids is 1. The summed E-state index contributed by atoms with van der Waals surface area (Å²) >= 11 is 0. The van der Waals surface area contributed by atoms with Crippen LogP contribution in [0, 0.1) is 22.0 Å². The van der Waals surface area contributed by atoms with Crippen LogP contribution in [0.25, 0.3) is 10.9 Å². The summed E-state index contributed by atoms with van der Waals surface area (Å²) in [6, 6.07) is 5.09. The van der Waals surface area contributed by atoms with Gasteiger partial charge in [0.15, 0.2) is 0 Å². The zero-order valence-electron chi connectivity index (χ0n) is 14.2. The van der Waals surface area contributed by atoms with Crippen molar-refractivity contribution in [2.24, 2.45) is 11.8 Å². The van der Waals surface area contributed by atoms with Crippen LogP contribution in [0.1, 0.15) is 20.3 Å². The highest BCUT2D eigenvalue weighted by Crippen LogP contribution is 2.29. The Kier molecular flexibility index (Phi) is 5.88. The zero-order chi connectivity index (χ0) is 19.5. The van der Waals surface area contributed by atoms with Crippen LogP contribution in [0.4, 0.5) is 5.69 Å². The average Bonchev–Trinajstić information content (AvgIpc) is 2.56. The van der Waals surface area contributed by atoms with E-state index in [1.54, 1.807) is 0 Å². The molecule has 1 unspecified atom stereocenters. The van der Waals surface area contributed by atoms with Crippen LogP contribution in [0.5, 0.6) is 0 Å². The molecule has 10 heteroatoms. The molecule has 2 rings (SSSR count). The van der Waals surface area contributed by atoms with E-state index in [1.807, 2.05) is 13.8 Å². The maximum Gasteiger partial charge on any atom is 0.307 e. The fraction of sp³-hybridized carbons (Fsp3) is 0.375. The molecule has 140 valence electrons. The number of pyridine rings is 1. The summed E-state index contributed by atoms with van der Waals surface area (Å²) in [4.78, 5) is 25.5. The van der Waals surface area contributed by atoms with Crippen LogP contribution < -0.4 is 4.72 Å². The topological polar surface area (TPSA) is 140 Å². The molecule has 1 heterocycles. The normalized spacial score (nSPS) is 13.0. The summed E-state index contributed by atoms with van der Waals surface area (Å²) in [6.07, 6.45) is 1.65. The number of benzene rings is 1. The number of fused-ring (bicyclic) bond motifs is 1. The van der Waals surface area contributed by atoms with E-state index >= 15 is 0 Å². The largest absolute Gasteiger partial charge is 0.481 e. The predicted molar refractivity (Wildman–Crippen MR) is 94.2 cm³/mol. The van der Waals surface area contributed by atoms with Gasteiger partial charge in [-0.3, -0.25) is 19.9 Å². The fourth-order valence-electron chi connectivity index (χ4n) is 2.64. The highest BCUT2D eigenvalue weighted by atomic mass is 32.2. The summed E-state index contributed by atoms with van der Waals surface area (Å²) in [6.45, 7) is 3.41. The van der Waals surface area contributed by atoms with Gasteiger partial charge in [0.1, 0.15) is 4.90 Å². The lowest BCUT2D eigenvalue weighted by Crippen LogP contribution is -2.33. The molecule has 1 atom stereocenters. The quantitative estimate of drug-likeness (QED) is 0.527. The number of nitro groups is 1. The second kappa shape index (κ2) is 7.75. The van der Waals surface area contributed by atoms with Crippen molar-refractivity contribution in [2.45, 2.75) is 25.2 Å². The van der Waals surface area contributed by atoms with Crippen molar-refractivity contribution < 1.29 is 23.2 Å². The van der Waals surface area contributed by atoms with Crippen LogP contribution >= 0.6 is 0 Å². The molecule has 1 aromatic carbocycles. The molecule has 0 radical (unpaired) electrons. The first-order chi connectivity index (χ1) is 12.1. The Morgan fingerprint density at radius 3 is 2.62 bits per heavy atom. The van der Waals surface area contributed by atoms with Gasteiger partial charge in [-0.25, -0.2) is 13.1 Å². The Hall–Kier alpha value is -2.59. The number of aromatic nitrogens is 1. The van der Waals surface area contributed by atoms with E-state index in [9.17, 15) is 28.4 Å². The van der Waals surface area contributed by atoms with Crippen molar-refractivity contribution in [3.63, 3.8) is 0 Å². The first-order valence-electron chi connectivity index (χ1n) is 7.88. The van der Waals surface area contributed by atoms with Crippen molar-refractivity contribution in [3.05, 3.63) is 40.6 Å². The fourth-order valence-corrected chi connectivity index (χ4v) is 3.88. The SMILES string of the molecule is CC(C)CC(CNS(=O)(=O)c1ccc([N+](=O)[O-])c2cccnc12)C(=O)O. The number of aliphatic carboxylic acids is 1. The van der Waals surface area contributed by atoms with Gasteiger partial charge in [0.05, 0.1) is 21.7 Å². The number of nitro benzene ring substituents is 1. The van der Waals surface area contributed by atoms with Crippen LogP contribution in [0.2, 0.25) is 0 Å². The lowest BCUT2D eigenvalue weighted by atomic mass is 9.98. The molecule has 26 heavy (non-hydrogen) atoms. The summed E-state index contributed by atoms with van der Waals surface area (Å²) < 4.78 is 27.5. The Labute approximate surface area is 150 Å². The Morgan fingerprint density at radius 1 is 1.35 bits per heavy atom. The zero-order valence-corrected chi connectivity index (χ0v) is 15.1. The second-order valence-corrected chi connectivity index (χ2v) is 7.99. The molecule has 2 aromatic rings. The first kappa shape index (κ1) is 19.7. The standard InChI is InChI=1S/C16H19N3O6S/c1-10(2)8-11(16(20)21)9-18-26(24,25)14-6-5-13(19(22)23)12-4-3-7-17-15(12)14/h3-7,10-11,18H,8-9H2,1-2H3,(H,20,21). The average molecular weight is 381 g/mol. The molecule has 1 aromatic heterocycles. The molecule has 0 fully saturated rings. The number of carbonyl (C=O) groups is 1. The number of hydrogen-bond donors (Lipinski definition) is 2. The van der Waals surface area contributed by atoms with E-state index in [2.05, 4.69) is 9.71 Å². The minimum absolute atomic E-state index is 0.0371. The van der Waals surface area contributed by atoms with E-state index in [1.165, 1.54) is 18.3 Å². The molecule has 0 bridgehead atoms. The van der Waals surface area contributed by atoms with Crippen LogP contribution in [-0.4, -0.2) is 35.9 Å². The van der Waals surface area contributed by atoms with Gasteiger partial charge in [0, 0.05) is 18.8 Å². The van der Waals surface area contributed by atoms with Crippen LogP contribution in [0.15, 0.2) is 35.4 Å². The lowest BCUT2D eigenvalue weighted by Gasteiger charge is -2.16. The van der Waals surface area contributed by atoms with Crippen molar-refractivity contribution in [3.8, 4) is 0 Å². The third-order valence-corrected chi connectivity index (χ3v) is 5.28. The van der Waals surface area contributed by atoms with E-state index in [0.717, 1.165) is 12.1 Å². The minimum atomic E-state index is -4.09. The molecule has 0 saturated heterocycles. The van der Waals surface area contributed by atoms with Crippen molar-refractivity contribution in [1.82, 2.24) is 9.71 Å². The van der Waals surface area contributed by atoms with E-state index in [4.69, 9.17) is 0 Å². The Morgan fingerprint density at radius 2 is 2.04 bits per heavy atom. The summed E-state index contributed by atoms with van der Waals surface area (Å²) in [5.74, 6) is -1.88. The molecule has 0 aliphatic heterocycles. The van der Waals surface area contributed by atoms with Gasteiger partial charge < -0.3 is 5.11 Å². The predicted octanol–water partition coefficient (Wildman–Crippen LogP) is 2.17. The van der Waals surface area contributed by atoms with Crippen LogP contribution in [-0.2, 0) is 14.8 Å². The van der Waals surface area contributed by atoms with Gasteiger partial charge in [-0.05, 0) is 30.5 Å². The summed E-state index contributed by atoms with van der Waals surface area (Å²) in [5.41, 5.74) is -0.291. The molecular formula is C16H19N3O6S. The smallest absolute Gasteiger partial charge is 0.307 e. The maximum absolute atomic E-state index is 12.6. The maximum atomic E-state index is 12.6. The van der Waals surface area contributed by atoms with E-state index in [0.29, 0.717) is 6.42 Å². The molecule has 0 spiro atoms. The molecule has 2 N–H and O–H groups in total. The molecule has 0 amide bonds. The van der Waals surface area contributed by atoms with Crippen LogP contribution in [0.3, 0.4) is 0 Å². The number of carboxylic acid groups (broad SMARTS) is 1. The Bertz CT molecular complexity index is 942. The number of rotatable bonds is 8. The lowest BCUT2D eigenvalue weighted by molar-refractivity contribution is -0.383. The Balaban J connectivity index is 2.39. The summed E-state index contributed by atoms with van der Waals surface area (Å²) in [5, 5.41) is 20.4.